The molecule has 0 saturated heterocycles. The van der Waals surface area contributed by atoms with Crippen molar-refractivity contribution in [3.8, 4) is 0 Å². The lowest BCUT2D eigenvalue weighted by atomic mass is 9.68. The maximum Gasteiger partial charge on any atom is 0.0342 e. The summed E-state index contributed by atoms with van der Waals surface area (Å²) >= 11 is 6.09. The zero-order valence-electron chi connectivity index (χ0n) is 13.7. The summed E-state index contributed by atoms with van der Waals surface area (Å²) in [6.45, 7) is 18.4. The topological polar surface area (TPSA) is 0 Å². The first-order chi connectivity index (χ1) is 7.97. The van der Waals surface area contributed by atoms with Gasteiger partial charge in [-0.25, -0.2) is 0 Å². The first-order valence-corrected chi connectivity index (χ1v) is 7.74. The summed E-state index contributed by atoms with van der Waals surface area (Å²) in [7, 11) is 0. The van der Waals surface area contributed by atoms with Crippen LogP contribution in [0.4, 0.5) is 0 Å². The molecule has 1 heteroatoms. The van der Waals surface area contributed by atoms with E-state index in [-0.39, 0.29) is 5.38 Å². The number of rotatable bonds is 5. The molecule has 0 heterocycles. The Balaban J connectivity index is 5.09. The van der Waals surface area contributed by atoms with E-state index in [0.717, 1.165) is 12.8 Å². The van der Waals surface area contributed by atoms with E-state index in [0.29, 0.717) is 16.7 Å². The molecule has 0 spiro atoms. The highest BCUT2D eigenvalue weighted by Gasteiger charge is 2.30. The van der Waals surface area contributed by atoms with Gasteiger partial charge in [0.25, 0.3) is 0 Å². The molecule has 0 aliphatic heterocycles. The van der Waals surface area contributed by atoms with Gasteiger partial charge in [-0.3, -0.25) is 0 Å². The van der Waals surface area contributed by atoms with Gasteiger partial charge in [-0.2, -0.15) is 0 Å². The summed E-state index contributed by atoms with van der Waals surface area (Å²) in [5.74, 6) is 0.651. The van der Waals surface area contributed by atoms with Crippen LogP contribution in [0.15, 0.2) is 11.6 Å². The summed E-state index contributed by atoms with van der Waals surface area (Å²) in [5.41, 5.74) is 2.29. The van der Waals surface area contributed by atoms with Gasteiger partial charge >= 0.3 is 0 Å². The van der Waals surface area contributed by atoms with Crippen molar-refractivity contribution >= 4 is 11.6 Å². The molecule has 0 radical (unpaired) electrons. The van der Waals surface area contributed by atoms with E-state index >= 15 is 0 Å². The van der Waals surface area contributed by atoms with E-state index in [1.807, 2.05) is 0 Å². The zero-order valence-corrected chi connectivity index (χ0v) is 14.5. The van der Waals surface area contributed by atoms with Crippen LogP contribution < -0.4 is 0 Å². The number of halogens is 1. The fraction of sp³-hybridized carbons (Fsp3) is 0.882. The maximum atomic E-state index is 6.09. The van der Waals surface area contributed by atoms with E-state index < -0.39 is 0 Å². The second-order valence-corrected chi connectivity index (χ2v) is 8.58. The Bertz CT molecular complexity index is 260. The molecular formula is C17H33Cl. The van der Waals surface area contributed by atoms with Crippen molar-refractivity contribution in [3.63, 3.8) is 0 Å². The molecule has 0 aromatic carbocycles. The first kappa shape index (κ1) is 18.0. The quantitative estimate of drug-likeness (QED) is 0.399. The lowest BCUT2D eigenvalue weighted by molar-refractivity contribution is 0.193. The highest BCUT2D eigenvalue weighted by Crippen LogP contribution is 2.41. The SMILES string of the molecule is CCC(=CCC(C)Cl)C(CC(C)(C)C)C(C)(C)C. The van der Waals surface area contributed by atoms with Crippen LogP contribution in [0.2, 0.25) is 0 Å². The van der Waals surface area contributed by atoms with Crippen molar-refractivity contribution in [1.82, 2.24) is 0 Å². The highest BCUT2D eigenvalue weighted by atomic mass is 35.5. The Labute approximate surface area is 120 Å². The lowest BCUT2D eigenvalue weighted by Crippen LogP contribution is -2.27. The average Bonchev–Trinajstić information content (AvgIpc) is 2.13. The third-order valence-electron chi connectivity index (χ3n) is 3.42. The second kappa shape index (κ2) is 6.98. The number of allylic oxidation sites excluding steroid dienone is 2. The average molecular weight is 273 g/mol. The van der Waals surface area contributed by atoms with Crippen LogP contribution in [0.25, 0.3) is 0 Å². The Kier molecular flexibility index (Phi) is 7.00. The minimum atomic E-state index is 0.238. The summed E-state index contributed by atoms with van der Waals surface area (Å²) in [6, 6.07) is 0. The predicted molar refractivity (Wildman–Crippen MR) is 85.3 cm³/mol. The Hall–Kier alpha value is 0.0300. The van der Waals surface area contributed by atoms with Crippen LogP contribution in [-0.4, -0.2) is 5.38 Å². The van der Waals surface area contributed by atoms with Crippen LogP contribution in [0.1, 0.15) is 74.7 Å². The van der Waals surface area contributed by atoms with Gasteiger partial charge in [0.2, 0.25) is 0 Å². The third-order valence-corrected chi connectivity index (χ3v) is 3.60. The second-order valence-electron chi connectivity index (χ2n) is 7.83. The van der Waals surface area contributed by atoms with Crippen molar-refractivity contribution in [3.05, 3.63) is 11.6 Å². The molecule has 0 saturated carbocycles. The van der Waals surface area contributed by atoms with Gasteiger partial charge in [0.15, 0.2) is 0 Å². The Morgan fingerprint density at radius 3 is 1.89 bits per heavy atom. The normalized spacial score (nSPS) is 17.7. The number of hydrogen-bond acceptors (Lipinski definition) is 0. The molecule has 0 fully saturated rings. The van der Waals surface area contributed by atoms with Gasteiger partial charge in [-0.1, -0.05) is 60.1 Å². The fourth-order valence-corrected chi connectivity index (χ4v) is 2.54. The zero-order chi connectivity index (χ0) is 14.6. The lowest BCUT2D eigenvalue weighted by Gasteiger charge is -2.37. The van der Waals surface area contributed by atoms with Gasteiger partial charge in [-0.15, -0.1) is 11.6 Å². The molecule has 0 rings (SSSR count). The number of alkyl halides is 1. The van der Waals surface area contributed by atoms with Crippen molar-refractivity contribution in [2.75, 3.05) is 0 Å². The maximum absolute atomic E-state index is 6.09. The minimum absolute atomic E-state index is 0.238. The van der Waals surface area contributed by atoms with Crippen molar-refractivity contribution in [2.45, 2.75) is 80.0 Å². The molecule has 0 aromatic rings. The van der Waals surface area contributed by atoms with Gasteiger partial charge in [-0.05, 0) is 42.9 Å². The van der Waals surface area contributed by atoms with Crippen LogP contribution in [-0.2, 0) is 0 Å². The Morgan fingerprint density at radius 1 is 1.11 bits per heavy atom. The van der Waals surface area contributed by atoms with Gasteiger partial charge in [0, 0.05) is 5.38 Å². The Morgan fingerprint density at radius 2 is 1.61 bits per heavy atom. The van der Waals surface area contributed by atoms with Crippen molar-refractivity contribution < 1.29 is 0 Å². The van der Waals surface area contributed by atoms with E-state index in [2.05, 4.69) is 61.5 Å². The fourth-order valence-electron chi connectivity index (χ4n) is 2.45. The molecule has 0 bridgehead atoms. The smallest absolute Gasteiger partial charge is 0.0342 e. The third kappa shape index (κ3) is 7.46. The molecule has 2 atom stereocenters. The first-order valence-electron chi connectivity index (χ1n) is 7.30. The molecule has 0 N–H and O–H groups in total. The highest BCUT2D eigenvalue weighted by molar-refractivity contribution is 6.20. The molecule has 2 unspecified atom stereocenters. The number of hydrogen-bond donors (Lipinski definition) is 0. The summed E-state index contributed by atoms with van der Waals surface area (Å²) in [5, 5.41) is 0.238. The van der Waals surface area contributed by atoms with E-state index in [9.17, 15) is 0 Å². The molecule has 0 aliphatic rings. The van der Waals surface area contributed by atoms with Crippen molar-refractivity contribution in [1.29, 1.82) is 0 Å². The van der Waals surface area contributed by atoms with Crippen LogP contribution in [0, 0.1) is 16.7 Å². The van der Waals surface area contributed by atoms with Crippen LogP contribution in [0.5, 0.6) is 0 Å². The largest absolute Gasteiger partial charge is 0.123 e. The van der Waals surface area contributed by atoms with Gasteiger partial charge in [0.05, 0.1) is 0 Å². The van der Waals surface area contributed by atoms with Crippen LogP contribution >= 0.6 is 11.6 Å². The summed E-state index contributed by atoms with van der Waals surface area (Å²) in [4.78, 5) is 0. The van der Waals surface area contributed by atoms with Gasteiger partial charge < -0.3 is 0 Å². The van der Waals surface area contributed by atoms with Gasteiger partial charge in [0.1, 0.15) is 0 Å². The van der Waals surface area contributed by atoms with Crippen molar-refractivity contribution in [2.24, 2.45) is 16.7 Å². The monoisotopic (exact) mass is 272 g/mol. The standard InChI is InChI=1S/C17H33Cl/c1-9-14(11-10-13(2)18)15(17(6,7)8)12-16(3,4)5/h11,13,15H,9-10,12H2,1-8H3. The van der Waals surface area contributed by atoms with E-state index in [1.54, 1.807) is 5.57 Å². The molecule has 108 valence electrons. The molecule has 0 aliphatic carbocycles. The summed E-state index contributed by atoms with van der Waals surface area (Å²) in [6.07, 6.45) is 5.76. The van der Waals surface area contributed by atoms with Crippen LogP contribution in [0.3, 0.4) is 0 Å². The van der Waals surface area contributed by atoms with E-state index in [1.165, 1.54) is 6.42 Å². The minimum Gasteiger partial charge on any atom is -0.123 e. The summed E-state index contributed by atoms with van der Waals surface area (Å²) < 4.78 is 0. The molecule has 0 aromatic heterocycles. The molecule has 18 heavy (non-hydrogen) atoms. The molecule has 0 amide bonds. The predicted octanol–water partition coefficient (Wildman–Crippen LogP) is 6.44. The molecular weight excluding hydrogens is 240 g/mol. The van der Waals surface area contributed by atoms with E-state index in [4.69, 9.17) is 11.6 Å². The molecule has 0 nitrogen and oxygen atoms in total.